The van der Waals surface area contributed by atoms with E-state index in [1.54, 1.807) is 4.68 Å². The van der Waals surface area contributed by atoms with Crippen LogP contribution in [0, 0.1) is 6.92 Å². The first-order valence-electron chi connectivity index (χ1n) is 6.61. The van der Waals surface area contributed by atoms with Gasteiger partial charge in [-0.15, -0.1) is 0 Å². The highest BCUT2D eigenvalue weighted by molar-refractivity contribution is 5.24. The summed E-state index contributed by atoms with van der Waals surface area (Å²) < 4.78 is 7.54. The molecule has 0 aliphatic carbocycles. The first-order valence-corrected chi connectivity index (χ1v) is 6.61. The van der Waals surface area contributed by atoms with Crippen LogP contribution in [0.25, 0.3) is 0 Å². The maximum absolute atomic E-state index is 5.78. The number of nitrogens with one attached hydrogen (secondary N) is 1. The van der Waals surface area contributed by atoms with Crippen LogP contribution in [0.1, 0.15) is 23.7 Å². The Kier molecular flexibility index (Phi) is 4.58. The second-order valence-corrected chi connectivity index (χ2v) is 4.64. The predicted octanol–water partition coefficient (Wildman–Crippen LogP) is 2.42. The third kappa shape index (κ3) is 3.83. The standard InChI is InChI=1S/C15H21N3O/c1-4-16-10-13-6-5-7-14(9-13)11-19-15-8-12(2)17-18(15)3/h5-9,16H,4,10-11H2,1-3H3. The Morgan fingerprint density at radius 2 is 2.05 bits per heavy atom. The van der Waals surface area contributed by atoms with Gasteiger partial charge in [-0.05, 0) is 24.6 Å². The largest absolute Gasteiger partial charge is 0.473 e. The molecular formula is C15H21N3O. The highest BCUT2D eigenvalue weighted by Gasteiger charge is 2.03. The minimum Gasteiger partial charge on any atom is -0.473 e. The molecule has 1 N–H and O–H groups in total. The Balaban J connectivity index is 1.97. The van der Waals surface area contributed by atoms with Crippen LogP contribution in [0.15, 0.2) is 30.3 Å². The highest BCUT2D eigenvalue weighted by atomic mass is 16.5. The molecule has 0 saturated heterocycles. The van der Waals surface area contributed by atoms with Crippen LogP contribution in [0.3, 0.4) is 0 Å². The van der Waals surface area contributed by atoms with E-state index < -0.39 is 0 Å². The van der Waals surface area contributed by atoms with Crippen molar-refractivity contribution < 1.29 is 4.74 Å². The first kappa shape index (κ1) is 13.6. The van der Waals surface area contributed by atoms with Gasteiger partial charge in [-0.1, -0.05) is 31.2 Å². The minimum atomic E-state index is 0.568. The van der Waals surface area contributed by atoms with Crippen LogP contribution in [-0.4, -0.2) is 16.3 Å². The number of hydrogen-bond acceptors (Lipinski definition) is 3. The van der Waals surface area contributed by atoms with E-state index in [0.29, 0.717) is 6.61 Å². The average Bonchev–Trinajstić information content (AvgIpc) is 2.73. The van der Waals surface area contributed by atoms with Crippen LogP contribution < -0.4 is 10.1 Å². The first-order chi connectivity index (χ1) is 9.19. The van der Waals surface area contributed by atoms with Gasteiger partial charge in [-0.25, -0.2) is 4.68 Å². The Morgan fingerprint density at radius 1 is 1.26 bits per heavy atom. The van der Waals surface area contributed by atoms with E-state index in [2.05, 4.69) is 41.6 Å². The van der Waals surface area contributed by atoms with Gasteiger partial charge in [0, 0.05) is 19.7 Å². The van der Waals surface area contributed by atoms with E-state index in [0.717, 1.165) is 24.7 Å². The van der Waals surface area contributed by atoms with Crippen molar-refractivity contribution in [3.63, 3.8) is 0 Å². The summed E-state index contributed by atoms with van der Waals surface area (Å²) in [4.78, 5) is 0. The van der Waals surface area contributed by atoms with E-state index in [9.17, 15) is 0 Å². The Bertz CT molecular complexity index is 534. The average molecular weight is 259 g/mol. The Labute approximate surface area is 114 Å². The fourth-order valence-corrected chi connectivity index (χ4v) is 1.98. The van der Waals surface area contributed by atoms with Gasteiger partial charge < -0.3 is 10.1 Å². The van der Waals surface area contributed by atoms with Crippen molar-refractivity contribution in [2.45, 2.75) is 27.0 Å². The van der Waals surface area contributed by atoms with E-state index >= 15 is 0 Å². The monoisotopic (exact) mass is 259 g/mol. The van der Waals surface area contributed by atoms with Crippen molar-refractivity contribution in [1.29, 1.82) is 0 Å². The maximum Gasteiger partial charge on any atom is 0.212 e. The molecule has 2 rings (SSSR count). The summed E-state index contributed by atoms with van der Waals surface area (Å²) in [7, 11) is 1.89. The summed E-state index contributed by atoms with van der Waals surface area (Å²) in [6, 6.07) is 10.4. The molecule has 1 aromatic heterocycles. The van der Waals surface area contributed by atoms with E-state index in [4.69, 9.17) is 4.74 Å². The second kappa shape index (κ2) is 6.38. The van der Waals surface area contributed by atoms with Crippen molar-refractivity contribution in [2.75, 3.05) is 6.54 Å². The highest BCUT2D eigenvalue weighted by Crippen LogP contribution is 2.14. The molecule has 0 spiro atoms. The van der Waals surface area contributed by atoms with E-state index in [1.165, 1.54) is 11.1 Å². The lowest BCUT2D eigenvalue weighted by Gasteiger charge is -2.08. The quantitative estimate of drug-likeness (QED) is 0.866. The number of hydrogen-bond donors (Lipinski definition) is 1. The number of ether oxygens (including phenoxy) is 1. The zero-order valence-corrected chi connectivity index (χ0v) is 11.8. The zero-order chi connectivity index (χ0) is 13.7. The molecule has 2 aromatic rings. The van der Waals surface area contributed by atoms with Crippen LogP contribution in [0.2, 0.25) is 0 Å². The normalized spacial score (nSPS) is 10.7. The molecule has 4 nitrogen and oxygen atoms in total. The van der Waals surface area contributed by atoms with Crippen molar-refractivity contribution in [1.82, 2.24) is 15.1 Å². The van der Waals surface area contributed by atoms with Gasteiger partial charge in [-0.3, -0.25) is 0 Å². The van der Waals surface area contributed by atoms with E-state index in [1.807, 2.05) is 20.0 Å². The molecule has 0 unspecified atom stereocenters. The zero-order valence-electron chi connectivity index (χ0n) is 11.8. The molecule has 0 fully saturated rings. The number of aryl methyl sites for hydroxylation is 2. The molecule has 0 radical (unpaired) electrons. The number of rotatable bonds is 6. The predicted molar refractivity (Wildman–Crippen MR) is 76.1 cm³/mol. The Morgan fingerprint density at radius 3 is 2.74 bits per heavy atom. The molecule has 0 aliphatic heterocycles. The SMILES string of the molecule is CCNCc1cccc(COc2cc(C)nn2C)c1. The summed E-state index contributed by atoms with van der Waals surface area (Å²) in [5, 5.41) is 7.59. The lowest BCUT2D eigenvalue weighted by Crippen LogP contribution is -2.12. The third-order valence-corrected chi connectivity index (χ3v) is 2.92. The van der Waals surface area contributed by atoms with Gasteiger partial charge in [0.05, 0.1) is 5.69 Å². The van der Waals surface area contributed by atoms with Crippen LogP contribution in [-0.2, 0) is 20.2 Å². The van der Waals surface area contributed by atoms with Crippen molar-refractivity contribution in [2.24, 2.45) is 7.05 Å². The second-order valence-electron chi connectivity index (χ2n) is 4.64. The molecule has 1 heterocycles. The molecule has 19 heavy (non-hydrogen) atoms. The Hall–Kier alpha value is -1.81. The van der Waals surface area contributed by atoms with Crippen LogP contribution in [0.5, 0.6) is 5.88 Å². The topological polar surface area (TPSA) is 39.1 Å². The van der Waals surface area contributed by atoms with Gasteiger partial charge in [0.2, 0.25) is 5.88 Å². The van der Waals surface area contributed by atoms with Crippen molar-refractivity contribution in [3.8, 4) is 5.88 Å². The van der Waals surface area contributed by atoms with Gasteiger partial charge in [-0.2, -0.15) is 5.10 Å². The third-order valence-electron chi connectivity index (χ3n) is 2.92. The molecule has 0 bridgehead atoms. The fourth-order valence-electron chi connectivity index (χ4n) is 1.98. The molecular weight excluding hydrogens is 238 g/mol. The number of aromatic nitrogens is 2. The lowest BCUT2D eigenvalue weighted by molar-refractivity contribution is 0.278. The fraction of sp³-hybridized carbons (Fsp3) is 0.400. The van der Waals surface area contributed by atoms with Gasteiger partial charge in [0.25, 0.3) is 0 Å². The number of nitrogens with zero attached hydrogens (tertiary/aromatic N) is 2. The van der Waals surface area contributed by atoms with Crippen LogP contribution >= 0.6 is 0 Å². The molecule has 0 atom stereocenters. The van der Waals surface area contributed by atoms with Crippen molar-refractivity contribution in [3.05, 3.63) is 47.2 Å². The summed E-state index contributed by atoms with van der Waals surface area (Å²) in [5.41, 5.74) is 3.43. The molecule has 1 aromatic carbocycles. The summed E-state index contributed by atoms with van der Waals surface area (Å²) >= 11 is 0. The molecule has 0 aliphatic rings. The molecule has 102 valence electrons. The van der Waals surface area contributed by atoms with Crippen molar-refractivity contribution >= 4 is 0 Å². The summed E-state index contributed by atoms with van der Waals surface area (Å²) in [6.45, 7) is 6.52. The summed E-state index contributed by atoms with van der Waals surface area (Å²) in [5.74, 6) is 0.801. The maximum atomic E-state index is 5.78. The molecule has 0 saturated carbocycles. The van der Waals surface area contributed by atoms with E-state index in [-0.39, 0.29) is 0 Å². The summed E-state index contributed by atoms with van der Waals surface area (Å²) in [6.07, 6.45) is 0. The van der Waals surface area contributed by atoms with Gasteiger partial charge in [0.15, 0.2) is 0 Å². The lowest BCUT2D eigenvalue weighted by atomic mass is 10.1. The smallest absolute Gasteiger partial charge is 0.212 e. The minimum absolute atomic E-state index is 0.568. The van der Waals surface area contributed by atoms with Gasteiger partial charge >= 0.3 is 0 Å². The molecule has 0 amide bonds. The van der Waals surface area contributed by atoms with Gasteiger partial charge in [0.1, 0.15) is 6.61 Å². The van der Waals surface area contributed by atoms with Crippen LogP contribution in [0.4, 0.5) is 0 Å². The molecule has 4 heteroatoms. The number of benzene rings is 1.